The lowest BCUT2D eigenvalue weighted by Gasteiger charge is -2.28. The smallest absolute Gasteiger partial charge is 0.338 e. The lowest BCUT2D eigenvalue weighted by molar-refractivity contribution is -0.222. The van der Waals surface area contributed by atoms with Crippen LogP contribution >= 0.6 is 0 Å². The van der Waals surface area contributed by atoms with E-state index in [1.807, 2.05) is 4.98 Å². The van der Waals surface area contributed by atoms with Crippen LogP contribution in [0.15, 0.2) is 21.9 Å². The van der Waals surface area contributed by atoms with Crippen molar-refractivity contribution in [1.82, 2.24) is 9.55 Å². The molecule has 1 saturated heterocycles. The van der Waals surface area contributed by atoms with E-state index in [1.54, 1.807) is 0 Å². The normalized spacial score (nSPS) is 33.4. The molecule has 3 aliphatic rings. The number of carbonyl (C=O) groups is 1. The molecule has 0 radical (unpaired) electrons. The summed E-state index contributed by atoms with van der Waals surface area (Å²) >= 11 is 0. The predicted molar refractivity (Wildman–Crippen MR) is 98.2 cm³/mol. The summed E-state index contributed by atoms with van der Waals surface area (Å²) in [5.41, 5.74) is -2.72. The molecule has 1 aliphatic heterocycles. The molecule has 11 heteroatoms. The number of hydrogen-bond acceptors (Lipinski definition) is 8. The summed E-state index contributed by atoms with van der Waals surface area (Å²) in [5.74, 6) is -3.67. The Morgan fingerprint density at radius 3 is 2.60 bits per heavy atom. The number of nitrogens with zero attached hydrogens (tertiary/aromatic N) is 1. The number of hydrogen-bond donors (Lipinski definition) is 3. The zero-order valence-corrected chi connectivity index (χ0v) is 16.3. The van der Waals surface area contributed by atoms with Crippen molar-refractivity contribution < 1.29 is 33.6 Å². The molecule has 10 nitrogen and oxygen atoms in total. The molecule has 0 spiro atoms. The van der Waals surface area contributed by atoms with Gasteiger partial charge in [0.2, 0.25) is 0 Å². The first-order chi connectivity index (χ1) is 14.2. The Kier molecular flexibility index (Phi) is 5.56. The van der Waals surface area contributed by atoms with Gasteiger partial charge < -0.3 is 24.4 Å². The van der Waals surface area contributed by atoms with E-state index in [9.17, 15) is 24.6 Å². The van der Waals surface area contributed by atoms with E-state index >= 15 is 4.39 Å². The first-order valence-corrected chi connectivity index (χ1v) is 10.1. The zero-order valence-electron chi connectivity index (χ0n) is 16.3. The SMILES string of the molecule is O=C(OC[C@@]1(F)O[C@@H](n2ccc(=O)[nH]c2=O)[C@H](O)[C@@H]1O)C1(OC2CCCCC2)CC1. The molecule has 2 saturated carbocycles. The topological polar surface area (TPSA) is 140 Å². The second kappa shape index (κ2) is 7.88. The van der Waals surface area contributed by atoms with E-state index in [0.717, 1.165) is 48.9 Å². The molecule has 0 amide bonds. The Labute approximate surface area is 170 Å². The van der Waals surface area contributed by atoms with Crippen LogP contribution in [-0.2, 0) is 19.0 Å². The number of carbonyl (C=O) groups excluding carboxylic acids is 1. The first kappa shape index (κ1) is 21.2. The summed E-state index contributed by atoms with van der Waals surface area (Å²) < 4.78 is 32.0. The fourth-order valence-corrected chi connectivity index (χ4v) is 4.00. The summed E-state index contributed by atoms with van der Waals surface area (Å²) in [4.78, 5) is 37.6. The van der Waals surface area contributed by atoms with Crippen LogP contribution in [0.2, 0.25) is 0 Å². The molecule has 0 bridgehead atoms. The van der Waals surface area contributed by atoms with Gasteiger partial charge in [-0.1, -0.05) is 19.3 Å². The number of aromatic nitrogens is 2. The number of alkyl halides is 1. The number of H-pyrrole nitrogens is 1. The Morgan fingerprint density at radius 1 is 1.27 bits per heavy atom. The number of rotatable bonds is 6. The van der Waals surface area contributed by atoms with Crippen molar-refractivity contribution in [2.45, 2.75) is 80.9 Å². The van der Waals surface area contributed by atoms with Crippen LogP contribution in [0.3, 0.4) is 0 Å². The fraction of sp³-hybridized carbons (Fsp3) is 0.737. The van der Waals surface area contributed by atoms with Crippen molar-refractivity contribution in [2.75, 3.05) is 6.61 Å². The Balaban J connectivity index is 1.40. The highest BCUT2D eigenvalue weighted by molar-refractivity contribution is 5.83. The second-order valence-corrected chi connectivity index (χ2v) is 8.20. The molecule has 4 rings (SSSR count). The maximum Gasteiger partial charge on any atom is 0.338 e. The Hall–Kier alpha value is -2.08. The van der Waals surface area contributed by atoms with Gasteiger partial charge in [0, 0.05) is 12.3 Å². The number of nitrogens with one attached hydrogen (secondary N) is 1. The number of aliphatic hydroxyl groups is 2. The maximum atomic E-state index is 15.2. The van der Waals surface area contributed by atoms with Gasteiger partial charge in [0.25, 0.3) is 11.4 Å². The lowest BCUT2D eigenvalue weighted by atomic mass is 9.97. The van der Waals surface area contributed by atoms with Gasteiger partial charge in [0.1, 0.15) is 12.2 Å². The van der Waals surface area contributed by atoms with Crippen LogP contribution in [0.1, 0.15) is 51.2 Å². The van der Waals surface area contributed by atoms with Crippen LogP contribution in [0.5, 0.6) is 0 Å². The highest BCUT2D eigenvalue weighted by atomic mass is 19.2. The van der Waals surface area contributed by atoms with Crippen molar-refractivity contribution in [2.24, 2.45) is 0 Å². The van der Waals surface area contributed by atoms with E-state index in [-0.39, 0.29) is 6.10 Å². The lowest BCUT2D eigenvalue weighted by Crippen LogP contribution is -2.45. The molecule has 1 aromatic rings. The molecule has 166 valence electrons. The molecular weight excluding hydrogens is 403 g/mol. The van der Waals surface area contributed by atoms with Gasteiger partial charge in [-0.3, -0.25) is 14.3 Å². The van der Waals surface area contributed by atoms with Gasteiger partial charge in [-0.25, -0.2) is 14.0 Å². The largest absolute Gasteiger partial charge is 0.457 e. The third-order valence-corrected chi connectivity index (χ3v) is 5.92. The number of aliphatic hydroxyl groups excluding tert-OH is 2. The average molecular weight is 428 g/mol. The molecule has 0 aromatic carbocycles. The summed E-state index contributed by atoms with van der Waals surface area (Å²) in [6.45, 7) is -0.978. The van der Waals surface area contributed by atoms with Crippen molar-refractivity contribution >= 4 is 5.97 Å². The molecule has 30 heavy (non-hydrogen) atoms. The number of aromatic amines is 1. The second-order valence-electron chi connectivity index (χ2n) is 8.20. The van der Waals surface area contributed by atoms with Crippen LogP contribution in [0.4, 0.5) is 4.39 Å². The van der Waals surface area contributed by atoms with Crippen molar-refractivity contribution in [3.05, 3.63) is 33.1 Å². The monoisotopic (exact) mass is 428 g/mol. The third-order valence-electron chi connectivity index (χ3n) is 5.92. The van der Waals surface area contributed by atoms with E-state index < -0.39 is 53.7 Å². The minimum atomic E-state index is -2.93. The molecular formula is C19H25FN2O8. The minimum Gasteiger partial charge on any atom is -0.457 e. The summed E-state index contributed by atoms with van der Waals surface area (Å²) in [5, 5.41) is 20.3. The van der Waals surface area contributed by atoms with E-state index in [0.29, 0.717) is 12.8 Å². The fourth-order valence-electron chi connectivity index (χ4n) is 4.00. The van der Waals surface area contributed by atoms with Crippen LogP contribution in [0, 0.1) is 0 Å². The van der Waals surface area contributed by atoms with Gasteiger partial charge in [0.05, 0.1) is 6.10 Å². The van der Waals surface area contributed by atoms with Crippen molar-refractivity contribution in [3.8, 4) is 0 Å². The van der Waals surface area contributed by atoms with Crippen LogP contribution in [-0.4, -0.2) is 62.1 Å². The molecule has 2 heterocycles. The van der Waals surface area contributed by atoms with Crippen LogP contribution < -0.4 is 11.2 Å². The van der Waals surface area contributed by atoms with Gasteiger partial charge in [-0.05, 0) is 25.7 Å². The zero-order chi connectivity index (χ0) is 21.5. The minimum absolute atomic E-state index is 0.0280. The van der Waals surface area contributed by atoms with E-state index in [2.05, 4.69) is 0 Å². The molecule has 3 fully saturated rings. The molecule has 1 aromatic heterocycles. The maximum absolute atomic E-state index is 15.2. The van der Waals surface area contributed by atoms with Gasteiger partial charge >= 0.3 is 11.7 Å². The number of ether oxygens (including phenoxy) is 3. The van der Waals surface area contributed by atoms with E-state index in [1.165, 1.54) is 0 Å². The number of halogens is 1. The highest BCUT2D eigenvalue weighted by Gasteiger charge is 2.59. The highest BCUT2D eigenvalue weighted by Crippen LogP contribution is 2.44. The Morgan fingerprint density at radius 2 is 1.97 bits per heavy atom. The van der Waals surface area contributed by atoms with Crippen molar-refractivity contribution in [1.29, 1.82) is 0 Å². The summed E-state index contributed by atoms with van der Waals surface area (Å²) in [7, 11) is 0. The molecule has 3 N–H and O–H groups in total. The summed E-state index contributed by atoms with van der Waals surface area (Å²) in [6.07, 6.45) is 1.36. The van der Waals surface area contributed by atoms with E-state index in [4.69, 9.17) is 14.2 Å². The van der Waals surface area contributed by atoms with Crippen LogP contribution in [0.25, 0.3) is 0 Å². The van der Waals surface area contributed by atoms with Gasteiger partial charge in [-0.15, -0.1) is 0 Å². The molecule has 4 atom stereocenters. The average Bonchev–Trinajstić information content (AvgIpc) is 3.47. The standard InChI is InChI=1S/C19H25FN2O8/c20-19(10-28-16(26)18(7-8-18)29-11-4-2-1-3-5-11)14(25)13(24)15(30-19)22-9-6-12(23)21-17(22)27/h6,9,11,13-15,24-25H,1-5,7-8,10H2,(H,21,23,27)/t13-,14+,15-,19-/m1/s1. The summed E-state index contributed by atoms with van der Waals surface area (Å²) in [6, 6.07) is 0.988. The van der Waals surface area contributed by atoms with Gasteiger partial charge in [-0.2, -0.15) is 0 Å². The van der Waals surface area contributed by atoms with Gasteiger partial charge in [0.15, 0.2) is 18.4 Å². The predicted octanol–water partition coefficient (Wildman–Crippen LogP) is -0.122. The first-order valence-electron chi connectivity index (χ1n) is 10.1. The third kappa shape index (κ3) is 3.94. The Bertz CT molecular complexity index is 906. The number of esters is 1. The quantitative estimate of drug-likeness (QED) is 0.533. The molecule has 0 unspecified atom stereocenters. The molecule has 2 aliphatic carbocycles. The van der Waals surface area contributed by atoms with Crippen molar-refractivity contribution in [3.63, 3.8) is 0 Å².